The van der Waals surface area contributed by atoms with Gasteiger partial charge in [0.15, 0.2) is 5.96 Å². The van der Waals surface area contributed by atoms with Crippen LogP contribution in [-0.2, 0) is 6.54 Å². The van der Waals surface area contributed by atoms with E-state index in [1.54, 1.807) is 26.3 Å². The van der Waals surface area contributed by atoms with Crippen LogP contribution in [0.3, 0.4) is 0 Å². The van der Waals surface area contributed by atoms with Crippen LogP contribution in [0.15, 0.2) is 35.3 Å². The van der Waals surface area contributed by atoms with Crippen LogP contribution in [0.4, 0.5) is 0 Å². The molecular formula is C15H22IN3O2. The number of hydrogen-bond donors (Lipinski definition) is 3. The molecule has 0 amide bonds. The molecule has 6 heteroatoms. The average molecular weight is 403 g/mol. The van der Waals surface area contributed by atoms with Crippen LogP contribution < -0.4 is 15.4 Å². The molecule has 116 valence electrons. The van der Waals surface area contributed by atoms with Crippen molar-refractivity contribution < 1.29 is 9.84 Å². The lowest BCUT2D eigenvalue weighted by Gasteiger charge is -2.17. The molecule has 0 bridgehead atoms. The van der Waals surface area contributed by atoms with Gasteiger partial charge in [0.05, 0.1) is 7.11 Å². The lowest BCUT2D eigenvalue weighted by molar-refractivity contribution is 0.410. The third-order valence-corrected chi connectivity index (χ3v) is 3.31. The molecule has 0 spiro atoms. The topological polar surface area (TPSA) is 65.9 Å². The zero-order chi connectivity index (χ0) is 14.4. The van der Waals surface area contributed by atoms with E-state index < -0.39 is 0 Å². The number of guanidine groups is 1. The van der Waals surface area contributed by atoms with Crippen molar-refractivity contribution in [3.05, 3.63) is 35.9 Å². The van der Waals surface area contributed by atoms with Crippen LogP contribution in [0.25, 0.3) is 0 Å². The molecule has 5 nitrogen and oxygen atoms in total. The number of benzene rings is 1. The first-order chi connectivity index (χ1) is 9.72. The van der Waals surface area contributed by atoms with Gasteiger partial charge in [0.25, 0.3) is 0 Å². The first-order valence-electron chi connectivity index (χ1n) is 6.71. The number of methoxy groups -OCH3 is 1. The molecule has 0 fully saturated rings. The summed E-state index contributed by atoms with van der Waals surface area (Å²) in [5, 5.41) is 16.4. The van der Waals surface area contributed by atoms with Gasteiger partial charge in [-0.25, -0.2) is 0 Å². The largest absolute Gasteiger partial charge is 0.508 e. The van der Waals surface area contributed by atoms with E-state index in [0.717, 1.165) is 30.1 Å². The first-order valence-corrected chi connectivity index (χ1v) is 6.71. The summed E-state index contributed by atoms with van der Waals surface area (Å²) in [6, 6.07) is 5.58. The Morgan fingerprint density at radius 2 is 2.10 bits per heavy atom. The molecule has 0 atom stereocenters. The van der Waals surface area contributed by atoms with Crippen LogP contribution in [0.5, 0.6) is 11.5 Å². The highest BCUT2D eigenvalue weighted by Gasteiger charge is 2.12. The van der Waals surface area contributed by atoms with Crippen LogP contribution >= 0.6 is 24.0 Å². The van der Waals surface area contributed by atoms with Gasteiger partial charge in [-0.3, -0.25) is 4.99 Å². The molecule has 3 N–H and O–H groups in total. The minimum Gasteiger partial charge on any atom is -0.508 e. The van der Waals surface area contributed by atoms with Crippen molar-refractivity contribution >= 4 is 29.9 Å². The van der Waals surface area contributed by atoms with Gasteiger partial charge >= 0.3 is 0 Å². The molecule has 1 aliphatic carbocycles. The number of phenols is 1. The smallest absolute Gasteiger partial charge is 0.191 e. The fourth-order valence-corrected chi connectivity index (χ4v) is 2.13. The number of aliphatic imine (C=N–C) groups is 1. The van der Waals surface area contributed by atoms with Gasteiger partial charge in [-0.05, 0) is 31.0 Å². The molecule has 0 aromatic heterocycles. The number of halogens is 1. The Labute approximate surface area is 142 Å². The van der Waals surface area contributed by atoms with Gasteiger partial charge in [-0.1, -0.05) is 12.2 Å². The second-order valence-corrected chi connectivity index (χ2v) is 4.70. The lowest BCUT2D eigenvalue weighted by Crippen LogP contribution is -2.42. The van der Waals surface area contributed by atoms with Crippen molar-refractivity contribution in [1.82, 2.24) is 10.6 Å². The molecule has 0 saturated heterocycles. The van der Waals surface area contributed by atoms with Gasteiger partial charge in [0, 0.05) is 25.2 Å². The van der Waals surface area contributed by atoms with E-state index in [1.807, 2.05) is 6.07 Å². The molecule has 0 aliphatic heterocycles. The molecule has 1 aliphatic rings. The predicted molar refractivity (Wildman–Crippen MR) is 95.6 cm³/mol. The van der Waals surface area contributed by atoms with Crippen LogP contribution in [0.1, 0.15) is 18.4 Å². The second kappa shape index (κ2) is 8.76. The number of nitrogens with one attached hydrogen (secondary N) is 2. The highest BCUT2D eigenvalue weighted by atomic mass is 127. The minimum atomic E-state index is 0. The summed E-state index contributed by atoms with van der Waals surface area (Å²) in [5.41, 5.74) is 0.775. The third kappa shape index (κ3) is 5.11. The van der Waals surface area contributed by atoms with E-state index in [9.17, 15) is 5.11 Å². The second-order valence-electron chi connectivity index (χ2n) is 4.70. The van der Waals surface area contributed by atoms with Gasteiger partial charge in [-0.2, -0.15) is 0 Å². The lowest BCUT2D eigenvalue weighted by atomic mass is 10.2. The zero-order valence-corrected chi connectivity index (χ0v) is 14.6. The monoisotopic (exact) mass is 403 g/mol. The van der Waals surface area contributed by atoms with E-state index in [2.05, 4.69) is 27.8 Å². The molecule has 1 aromatic carbocycles. The van der Waals surface area contributed by atoms with Crippen molar-refractivity contribution in [1.29, 1.82) is 0 Å². The van der Waals surface area contributed by atoms with E-state index >= 15 is 0 Å². The van der Waals surface area contributed by atoms with E-state index in [4.69, 9.17) is 4.74 Å². The van der Waals surface area contributed by atoms with Gasteiger partial charge in [0.1, 0.15) is 11.5 Å². The Morgan fingerprint density at radius 1 is 1.38 bits per heavy atom. The number of hydrogen-bond acceptors (Lipinski definition) is 3. The normalized spacial score (nSPS) is 14.7. The molecule has 2 rings (SSSR count). The number of phenolic OH excluding ortho intramolecular Hbond substituents is 1. The van der Waals surface area contributed by atoms with Crippen LogP contribution in [-0.4, -0.2) is 31.3 Å². The van der Waals surface area contributed by atoms with Crippen molar-refractivity contribution in [2.45, 2.75) is 25.4 Å². The Kier molecular flexibility index (Phi) is 7.35. The standard InChI is InChI=1S/C15H21N3O2.HI/c1-16-15(18-12-5-3-4-6-12)17-10-11-9-13(20-2)7-8-14(11)19;/h3-4,7-9,12,19H,5-6,10H2,1-2H3,(H2,16,17,18);1H. The van der Waals surface area contributed by atoms with Crippen molar-refractivity contribution in [2.24, 2.45) is 4.99 Å². The van der Waals surface area contributed by atoms with Gasteiger partial charge in [-0.15, -0.1) is 24.0 Å². The van der Waals surface area contributed by atoms with Crippen molar-refractivity contribution in [3.63, 3.8) is 0 Å². The minimum absolute atomic E-state index is 0. The Morgan fingerprint density at radius 3 is 2.71 bits per heavy atom. The van der Waals surface area contributed by atoms with E-state index in [1.165, 1.54) is 0 Å². The van der Waals surface area contributed by atoms with E-state index in [0.29, 0.717) is 12.6 Å². The van der Waals surface area contributed by atoms with Gasteiger partial charge < -0.3 is 20.5 Å². The van der Waals surface area contributed by atoms with Crippen LogP contribution in [0, 0.1) is 0 Å². The molecule has 0 heterocycles. The maximum Gasteiger partial charge on any atom is 0.191 e. The Bertz CT molecular complexity index is 510. The quantitative estimate of drug-likeness (QED) is 0.313. The summed E-state index contributed by atoms with van der Waals surface area (Å²) in [7, 11) is 3.35. The highest BCUT2D eigenvalue weighted by Crippen LogP contribution is 2.22. The number of nitrogens with zero attached hydrogens (tertiary/aromatic N) is 1. The first kappa shape index (κ1) is 17.6. The molecule has 0 saturated carbocycles. The molecular weight excluding hydrogens is 381 g/mol. The summed E-state index contributed by atoms with van der Waals surface area (Å²) >= 11 is 0. The third-order valence-electron chi connectivity index (χ3n) is 3.31. The van der Waals surface area contributed by atoms with Crippen LogP contribution in [0.2, 0.25) is 0 Å². The maximum absolute atomic E-state index is 9.83. The number of aromatic hydroxyl groups is 1. The van der Waals surface area contributed by atoms with E-state index in [-0.39, 0.29) is 29.7 Å². The van der Waals surface area contributed by atoms with Crippen molar-refractivity contribution in [2.75, 3.05) is 14.2 Å². The predicted octanol–water partition coefficient (Wildman–Crippen LogP) is 2.40. The fourth-order valence-electron chi connectivity index (χ4n) is 2.13. The highest BCUT2D eigenvalue weighted by molar-refractivity contribution is 14.0. The SMILES string of the molecule is CN=C(NCc1cc(OC)ccc1O)NC1CC=CC1.I. The zero-order valence-electron chi connectivity index (χ0n) is 12.3. The molecule has 0 unspecified atom stereocenters. The molecule has 0 radical (unpaired) electrons. The van der Waals surface area contributed by atoms with Crippen molar-refractivity contribution in [3.8, 4) is 11.5 Å². The number of rotatable bonds is 4. The summed E-state index contributed by atoms with van der Waals surface area (Å²) in [6.45, 7) is 0.489. The maximum atomic E-state index is 9.83. The fraction of sp³-hybridized carbons (Fsp3) is 0.400. The summed E-state index contributed by atoms with van der Waals surface area (Å²) in [4.78, 5) is 4.19. The Balaban J connectivity index is 0.00000220. The summed E-state index contributed by atoms with van der Waals surface area (Å²) in [5.74, 6) is 1.71. The number of ether oxygens (including phenoxy) is 1. The Hall–Kier alpha value is -1.44. The summed E-state index contributed by atoms with van der Waals surface area (Å²) < 4.78 is 5.16. The average Bonchev–Trinajstić information content (AvgIpc) is 2.97. The van der Waals surface area contributed by atoms with Gasteiger partial charge in [0.2, 0.25) is 0 Å². The molecule has 1 aromatic rings. The molecule has 21 heavy (non-hydrogen) atoms. The summed E-state index contributed by atoms with van der Waals surface area (Å²) in [6.07, 6.45) is 6.37.